The molecule has 0 aliphatic rings. The Bertz CT molecular complexity index is 687. The second kappa shape index (κ2) is 5.41. The first kappa shape index (κ1) is 13.6. The van der Waals surface area contributed by atoms with E-state index in [1.165, 1.54) is 6.07 Å². The van der Waals surface area contributed by atoms with Gasteiger partial charge in [-0.1, -0.05) is 6.07 Å². The van der Waals surface area contributed by atoms with Gasteiger partial charge in [0.15, 0.2) is 0 Å². The maximum atomic E-state index is 11.1. The van der Waals surface area contributed by atoms with Crippen molar-refractivity contribution in [3.05, 3.63) is 63.7 Å². The SMILES string of the molecule is Cc1ccc([N+](=O)[O-])c(N(C)c2ccc(C#N)cc2)c1. The van der Waals surface area contributed by atoms with Crippen LogP contribution in [0.25, 0.3) is 0 Å². The molecule has 0 unspecified atom stereocenters. The molecule has 0 atom stereocenters. The van der Waals surface area contributed by atoms with Crippen LogP contribution in [0.1, 0.15) is 11.1 Å². The summed E-state index contributed by atoms with van der Waals surface area (Å²) in [6.45, 7) is 1.89. The Hall–Kier alpha value is -2.87. The zero-order chi connectivity index (χ0) is 14.7. The topological polar surface area (TPSA) is 70.2 Å². The number of aryl methyl sites for hydroxylation is 1. The summed E-state index contributed by atoms with van der Waals surface area (Å²) < 4.78 is 0. The predicted molar refractivity (Wildman–Crippen MR) is 77.1 cm³/mol. The number of benzene rings is 2. The smallest absolute Gasteiger partial charge is 0.292 e. The lowest BCUT2D eigenvalue weighted by Gasteiger charge is -2.19. The first-order chi connectivity index (χ1) is 9.52. The zero-order valence-corrected chi connectivity index (χ0v) is 11.2. The number of hydrogen-bond donors (Lipinski definition) is 0. The van der Waals surface area contributed by atoms with Gasteiger partial charge in [0.25, 0.3) is 5.69 Å². The van der Waals surface area contributed by atoms with E-state index in [0.717, 1.165) is 11.3 Å². The Labute approximate surface area is 116 Å². The molecule has 100 valence electrons. The Balaban J connectivity index is 2.46. The van der Waals surface area contributed by atoms with E-state index in [1.807, 2.05) is 13.0 Å². The predicted octanol–water partition coefficient (Wildman–Crippen LogP) is 3.54. The van der Waals surface area contributed by atoms with Gasteiger partial charge in [0.1, 0.15) is 5.69 Å². The van der Waals surface area contributed by atoms with E-state index in [1.54, 1.807) is 48.3 Å². The lowest BCUT2D eigenvalue weighted by Crippen LogP contribution is -2.11. The van der Waals surface area contributed by atoms with E-state index in [2.05, 4.69) is 0 Å². The molecule has 0 spiro atoms. The van der Waals surface area contributed by atoms with E-state index in [9.17, 15) is 10.1 Å². The summed E-state index contributed by atoms with van der Waals surface area (Å²) in [5.41, 5.74) is 2.88. The molecule has 2 rings (SSSR count). The lowest BCUT2D eigenvalue weighted by molar-refractivity contribution is -0.384. The normalized spacial score (nSPS) is 9.85. The Morgan fingerprint density at radius 1 is 1.20 bits per heavy atom. The van der Waals surface area contributed by atoms with Gasteiger partial charge in [-0.25, -0.2) is 0 Å². The summed E-state index contributed by atoms with van der Waals surface area (Å²) >= 11 is 0. The van der Waals surface area contributed by atoms with Crippen LogP contribution in [0, 0.1) is 28.4 Å². The van der Waals surface area contributed by atoms with E-state index in [-0.39, 0.29) is 5.69 Å². The molecule has 0 saturated heterocycles. The average Bonchev–Trinajstić information content (AvgIpc) is 2.46. The summed E-state index contributed by atoms with van der Waals surface area (Å²) in [5, 5.41) is 19.9. The molecule has 0 radical (unpaired) electrons. The third-order valence-electron chi connectivity index (χ3n) is 3.07. The van der Waals surface area contributed by atoms with Crippen LogP contribution in [-0.2, 0) is 0 Å². The molecule has 5 heteroatoms. The summed E-state index contributed by atoms with van der Waals surface area (Å²) in [5.74, 6) is 0. The number of rotatable bonds is 3. The second-order valence-corrected chi connectivity index (χ2v) is 4.47. The van der Waals surface area contributed by atoms with Crippen molar-refractivity contribution < 1.29 is 4.92 Å². The molecule has 0 bridgehead atoms. The van der Waals surface area contributed by atoms with Gasteiger partial charge in [0, 0.05) is 18.8 Å². The molecule has 0 heterocycles. The molecule has 0 N–H and O–H groups in total. The highest BCUT2D eigenvalue weighted by Crippen LogP contribution is 2.33. The first-order valence-corrected chi connectivity index (χ1v) is 6.02. The third-order valence-corrected chi connectivity index (χ3v) is 3.07. The molecule has 5 nitrogen and oxygen atoms in total. The van der Waals surface area contributed by atoms with Gasteiger partial charge in [-0.15, -0.1) is 0 Å². The van der Waals surface area contributed by atoms with Gasteiger partial charge < -0.3 is 4.90 Å². The van der Waals surface area contributed by atoms with Gasteiger partial charge >= 0.3 is 0 Å². The summed E-state index contributed by atoms with van der Waals surface area (Å²) in [6, 6.07) is 14.0. The lowest BCUT2D eigenvalue weighted by atomic mass is 10.1. The maximum Gasteiger partial charge on any atom is 0.292 e. The highest BCUT2D eigenvalue weighted by atomic mass is 16.6. The molecule has 0 amide bonds. The Kier molecular flexibility index (Phi) is 3.67. The molecular weight excluding hydrogens is 254 g/mol. The van der Waals surface area contributed by atoms with E-state index >= 15 is 0 Å². The van der Waals surface area contributed by atoms with Crippen molar-refractivity contribution in [2.45, 2.75) is 6.92 Å². The molecule has 20 heavy (non-hydrogen) atoms. The Morgan fingerprint density at radius 3 is 2.40 bits per heavy atom. The van der Waals surface area contributed by atoms with Gasteiger partial charge in [-0.05, 0) is 42.8 Å². The van der Waals surface area contributed by atoms with Gasteiger partial charge in [-0.3, -0.25) is 10.1 Å². The maximum absolute atomic E-state index is 11.1. The fourth-order valence-electron chi connectivity index (χ4n) is 1.96. The van der Waals surface area contributed by atoms with Crippen LogP contribution in [0.3, 0.4) is 0 Å². The Morgan fingerprint density at radius 2 is 1.85 bits per heavy atom. The van der Waals surface area contributed by atoms with Gasteiger partial charge in [-0.2, -0.15) is 5.26 Å². The number of nitro benzene ring substituents is 1. The molecule has 2 aromatic carbocycles. The zero-order valence-electron chi connectivity index (χ0n) is 11.2. The standard InChI is InChI=1S/C15H13N3O2/c1-11-3-8-14(18(19)20)15(9-11)17(2)13-6-4-12(10-16)5-7-13/h3-9H,1-2H3. The highest BCUT2D eigenvalue weighted by Gasteiger charge is 2.18. The largest absolute Gasteiger partial charge is 0.339 e. The molecule has 0 aromatic heterocycles. The number of nitrogens with zero attached hydrogens (tertiary/aromatic N) is 3. The number of anilines is 2. The molecular formula is C15H13N3O2. The van der Waals surface area contributed by atoms with E-state index < -0.39 is 4.92 Å². The van der Waals surface area contributed by atoms with E-state index in [4.69, 9.17) is 5.26 Å². The van der Waals surface area contributed by atoms with Crippen molar-refractivity contribution in [1.29, 1.82) is 5.26 Å². The minimum atomic E-state index is -0.394. The minimum absolute atomic E-state index is 0.0578. The molecule has 0 aliphatic carbocycles. The van der Waals surface area contributed by atoms with Crippen molar-refractivity contribution in [3.8, 4) is 6.07 Å². The van der Waals surface area contributed by atoms with Crippen LogP contribution in [0.15, 0.2) is 42.5 Å². The van der Waals surface area contributed by atoms with Crippen molar-refractivity contribution >= 4 is 17.1 Å². The molecule has 0 aliphatic heterocycles. The minimum Gasteiger partial charge on any atom is -0.339 e. The highest BCUT2D eigenvalue weighted by molar-refractivity contribution is 5.72. The van der Waals surface area contributed by atoms with Crippen LogP contribution in [-0.4, -0.2) is 12.0 Å². The number of nitriles is 1. The molecule has 0 fully saturated rings. The van der Waals surface area contributed by atoms with Crippen LogP contribution in [0.5, 0.6) is 0 Å². The van der Waals surface area contributed by atoms with Crippen molar-refractivity contribution in [2.24, 2.45) is 0 Å². The third kappa shape index (κ3) is 2.59. The van der Waals surface area contributed by atoms with Crippen molar-refractivity contribution in [3.63, 3.8) is 0 Å². The number of hydrogen-bond acceptors (Lipinski definition) is 4. The van der Waals surface area contributed by atoms with Crippen LogP contribution < -0.4 is 4.90 Å². The van der Waals surface area contributed by atoms with Gasteiger partial charge in [0.05, 0.1) is 16.6 Å². The fourth-order valence-corrected chi connectivity index (χ4v) is 1.96. The van der Waals surface area contributed by atoms with Crippen LogP contribution >= 0.6 is 0 Å². The van der Waals surface area contributed by atoms with Crippen molar-refractivity contribution in [1.82, 2.24) is 0 Å². The van der Waals surface area contributed by atoms with Crippen LogP contribution in [0.2, 0.25) is 0 Å². The fraction of sp³-hybridized carbons (Fsp3) is 0.133. The van der Waals surface area contributed by atoms with Crippen LogP contribution in [0.4, 0.5) is 17.1 Å². The number of nitro groups is 1. The second-order valence-electron chi connectivity index (χ2n) is 4.47. The monoisotopic (exact) mass is 267 g/mol. The molecule has 0 saturated carbocycles. The summed E-state index contributed by atoms with van der Waals surface area (Å²) in [4.78, 5) is 12.5. The first-order valence-electron chi connectivity index (χ1n) is 6.02. The summed E-state index contributed by atoms with van der Waals surface area (Å²) in [7, 11) is 1.77. The summed E-state index contributed by atoms with van der Waals surface area (Å²) in [6.07, 6.45) is 0. The quantitative estimate of drug-likeness (QED) is 0.630. The molecule has 2 aromatic rings. The average molecular weight is 267 g/mol. The van der Waals surface area contributed by atoms with Crippen molar-refractivity contribution in [2.75, 3.05) is 11.9 Å². The van der Waals surface area contributed by atoms with E-state index in [0.29, 0.717) is 11.3 Å². The van der Waals surface area contributed by atoms with Gasteiger partial charge in [0.2, 0.25) is 0 Å².